The number of ketones is 1. The minimum absolute atomic E-state index is 0.0135. The number of thioether (sulfide) groups is 1. The van der Waals surface area contributed by atoms with Crippen molar-refractivity contribution in [2.45, 2.75) is 68.2 Å². The molecule has 1 saturated carbocycles. The lowest BCUT2D eigenvalue weighted by molar-refractivity contribution is -0.143. The van der Waals surface area contributed by atoms with Crippen molar-refractivity contribution in [2.24, 2.45) is 0 Å². The van der Waals surface area contributed by atoms with Crippen LogP contribution in [0.2, 0.25) is 0 Å². The van der Waals surface area contributed by atoms with Gasteiger partial charge in [0.25, 0.3) is 0 Å². The molecule has 1 unspecified atom stereocenters. The van der Waals surface area contributed by atoms with Gasteiger partial charge in [-0.15, -0.1) is 11.8 Å². The van der Waals surface area contributed by atoms with E-state index in [-0.39, 0.29) is 5.78 Å². The first-order valence-electron chi connectivity index (χ1n) is 10.1. The summed E-state index contributed by atoms with van der Waals surface area (Å²) in [7, 11) is 0. The maximum Gasteiger partial charge on any atom is 0.315 e. The van der Waals surface area contributed by atoms with Crippen LogP contribution in [0.25, 0.3) is 0 Å². The molecule has 1 aliphatic heterocycles. The van der Waals surface area contributed by atoms with E-state index in [0.717, 1.165) is 10.6 Å². The van der Waals surface area contributed by atoms with Crippen molar-refractivity contribution in [1.29, 1.82) is 0 Å². The van der Waals surface area contributed by atoms with Gasteiger partial charge >= 0.3 is 5.97 Å². The SMILES string of the molecule is CSc1cc2n(c1C(=O)c1ccc(C3CCCCC3)cc1)CCC2(C)C(=O)O. The lowest BCUT2D eigenvalue weighted by Gasteiger charge is -2.22. The van der Waals surface area contributed by atoms with Crippen LogP contribution in [0.4, 0.5) is 0 Å². The summed E-state index contributed by atoms with van der Waals surface area (Å²) in [6.45, 7) is 2.32. The second-order valence-electron chi connectivity index (χ2n) is 8.27. The Kier molecular flexibility index (Phi) is 5.13. The van der Waals surface area contributed by atoms with Crippen molar-refractivity contribution in [1.82, 2.24) is 4.57 Å². The van der Waals surface area contributed by atoms with Gasteiger partial charge in [-0.25, -0.2) is 0 Å². The normalized spacial score (nSPS) is 22.2. The number of hydrogen-bond acceptors (Lipinski definition) is 3. The molecule has 1 aliphatic carbocycles. The smallest absolute Gasteiger partial charge is 0.315 e. The molecule has 28 heavy (non-hydrogen) atoms. The van der Waals surface area contributed by atoms with E-state index in [0.29, 0.717) is 30.1 Å². The molecule has 0 bridgehead atoms. The molecule has 1 aromatic heterocycles. The molecule has 4 nitrogen and oxygen atoms in total. The van der Waals surface area contributed by atoms with Gasteiger partial charge in [-0.1, -0.05) is 43.5 Å². The molecule has 1 fully saturated rings. The third-order valence-corrected chi connectivity index (χ3v) is 7.37. The summed E-state index contributed by atoms with van der Waals surface area (Å²) in [5.74, 6) is -0.221. The molecule has 0 amide bonds. The van der Waals surface area contributed by atoms with E-state index in [1.165, 1.54) is 49.4 Å². The van der Waals surface area contributed by atoms with Crippen molar-refractivity contribution in [2.75, 3.05) is 6.26 Å². The number of carbonyl (C=O) groups is 2. The molecule has 0 spiro atoms. The molecule has 2 aliphatic rings. The molecule has 1 aromatic carbocycles. The summed E-state index contributed by atoms with van der Waals surface area (Å²) in [5, 5.41) is 9.70. The Morgan fingerprint density at radius 1 is 1.14 bits per heavy atom. The standard InChI is InChI=1S/C23H27NO3S/c1-23(22(26)27)12-13-24-19(23)14-18(28-2)20(24)21(25)17-10-8-16(9-11-17)15-6-4-3-5-7-15/h8-11,14-15H,3-7,12-13H2,1-2H3,(H,26,27). The number of fused-ring (bicyclic) bond motifs is 1. The zero-order valence-electron chi connectivity index (χ0n) is 16.5. The molecular formula is C23H27NO3S. The lowest BCUT2D eigenvalue weighted by atomic mass is 9.84. The highest BCUT2D eigenvalue weighted by Gasteiger charge is 2.44. The van der Waals surface area contributed by atoms with Gasteiger partial charge in [0, 0.05) is 22.7 Å². The van der Waals surface area contributed by atoms with E-state index in [9.17, 15) is 14.7 Å². The Morgan fingerprint density at radius 3 is 2.43 bits per heavy atom. The quantitative estimate of drug-likeness (QED) is 0.554. The van der Waals surface area contributed by atoms with Crippen molar-refractivity contribution >= 4 is 23.5 Å². The zero-order valence-corrected chi connectivity index (χ0v) is 17.3. The Labute approximate surface area is 170 Å². The number of hydrogen-bond donors (Lipinski definition) is 1. The molecule has 5 heteroatoms. The monoisotopic (exact) mass is 397 g/mol. The van der Waals surface area contributed by atoms with E-state index < -0.39 is 11.4 Å². The Morgan fingerprint density at radius 2 is 1.82 bits per heavy atom. The van der Waals surface area contributed by atoms with Gasteiger partial charge in [-0.05, 0) is 50.0 Å². The molecule has 4 rings (SSSR count). The zero-order chi connectivity index (χ0) is 19.9. The van der Waals surface area contributed by atoms with Gasteiger partial charge in [0.1, 0.15) is 11.1 Å². The van der Waals surface area contributed by atoms with Crippen molar-refractivity contribution in [3.05, 3.63) is 52.8 Å². The number of carboxylic acid groups (broad SMARTS) is 1. The lowest BCUT2D eigenvalue weighted by Crippen LogP contribution is -2.29. The summed E-state index contributed by atoms with van der Waals surface area (Å²) < 4.78 is 1.93. The number of aromatic nitrogens is 1. The summed E-state index contributed by atoms with van der Waals surface area (Å²) in [6, 6.07) is 10.0. The summed E-state index contributed by atoms with van der Waals surface area (Å²) in [4.78, 5) is 26.0. The van der Waals surface area contributed by atoms with Gasteiger partial charge in [0.05, 0.1) is 0 Å². The third-order valence-electron chi connectivity index (χ3n) is 6.62. The second-order valence-corrected chi connectivity index (χ2v) is 9.12. The minimum Gasteiger partial charge on any atom is -0.481 e. The topological polar surface area (TPSA) is 59.3 Å². The van der Waals surface area contributed by atoms with Crippen LogP contribution in [0.15, 0.2) is 35.2 Å². The largest absolute Gasteiger partial charge is 0.481 e. The highest BCUT2D eigenvalue weighted by molar-refractivity contribution is 7.98. The average molecular weight is 398 g/mol. The van der Waals surface area contributed by atoms with Gasteiger partial charge in [0.2, 0.25) is 5.78 Å². The predicted octanol–water partition coefficient (Wildman–Crippen LogP) is 5.23. The summed E-state index contributed by atoms with van der Waals surface area (Å²) in [5.41, 5.74) is 2.47. The number of nitrogens with zero attached hydrogens (tertiary/aromatic N) is 1. The predicted molar refractivity (Wildman–Crippen MR) is 112 cm³/mol. The van der Waals surface area contributed by atoms with E-state index >= 15 is 0 Å². The second kappa shape index (κ2) is 7.43. The van der Waals surface area contributed by atoms with Gasteiger partial charge in [-0.2, -0.15) is 0 Å². The number of rotatable bonds is 5. The summed E-state index contributed by atoms with van der Waals surface area (Å²) >= 11 is 1.51. The average Bonchev–Trinajstić information content (AvgIpc) is 3.26. The van der Waals surface area contributed by atoms with Crippen LogP contribution in [-0.2, 0) is 16.8 Å². The molecule has 1 atom stereocenters. The van der Waals surface area contributed by atoms with Crippen LogP contribution in [0.5, 0.6) is 0 Å². The van der Waals surface area contributed by atoms with E-state index in [2.05, 4.69) is 12.1 Å². The summed E-state index contributed by atoms with van der Waals surface area (Å²) in [6.07, 6.45) is 8.86. The number of carbonyl (C=O) groups excluding carboxylic acids is 1. The van der Waals surface area contributed by atoms with Crippen LogP contribution in [0.1, 0.15) is 78.7 Å². The van der Waals surface area contributed by atoms with Gasteiger partial charge in [-0.3, -0.25) is 9.59 Å². The van der Waals surface area contributed by atoms with Crippen molar-refractivity contribution in [3.8, 4) is 0 Å². The third kappa shape index (κ3) is 3.10. The molecule has 0 radical (unpaired) electrons. The number of carboxylic acids is 1. The van der Waals surface area contributed by atoms with Crippen LogP contribution in [0, 0.1) is 0 Å². The Balaban J connectivity index is 1.66. The van der Waals surface area contributed by atoms with Crippen molar-refractivity contribution < 1.29 is 14.7 Å². The van der Waals surface area contributed by atoms with Crippen LogP contribution < -0.4 is 0 Å². The van der Waals surface area contributed by atoms with Crippen LogP contribution >= 0.6 is 11.8 Å². The Hall–Kier alpha value is -2.01. The highest BCUT2D eigenvalue weighted by Crippen LogP contribution is 2.41. The van der Waals surface area contributed by atoms with Gasteiger partial charge < -0.3 is 9.67 Å². The van der Waals surface area contributed by atoms with Crippen molar-refractivity contribution in [3.63, 3.8) is 0 Å². The van der Waals surface area contributed by atoms with E-state index in [4.69, 9.17) is 0 Å². The first-order valence-corrected chi connectivity index (χ1v) is 11.3. The highest BCUT2D eigenvalue weighted by atomic mass is 32.2. The molecular weight excluding hydrogens is 370 g/mol. The number of aliphatic carboxylic acids is 1. The maximum absolute atomic E-state index is 13.3. The van der Waals surface area contributed by atoms with E-state index in [1.54, 1.807) is 6.92 Å². The molecule has 148 valence electrons. The fourth-order valence-corrected chi connectivity index (χ4v) is 5.39. The van der Waals surface area contributed by atoms with Gasteiger partial charge in [0.15, 0.2) is 0 Å². The molecule has 1 N–H and O–H groups in total. The van der Waals surface area contributed by atoms with Crippen LogP contribution in [0.3, 0.4) is 0 Å². The fourth-order valence-electron chi connectivity index (χ4n) is 4.76. The molecule has 0 saturated heterocycles. The molecule has 2 aromatic rings. The Bertz CT molecular complexity index is 909. The molecule has 2 heterocycles. The maximum atomic E-state index is 13.3. The van der Waals surface area contributed by atoms with E-state index in [1.807, 2.05) is 29.0 Å². The first-order chi connectivity index (χ1) is 13.5. The fraction of sp³-hybridized carbons (Fsp3) is 0.478. The number of benzene rings is 1. The minimum atomic E-state index is -0.923. The first kappa shape index (κ1) is 19.3. The van der Waals surface area contributed by atoms with Crippen LogP contribution in [-0.4, -0.2) is 27.7 Å².